The van der Waals surface area contributed by atoms with E-state index in [-0.39, 0.29) is 0 Å². The first kappa shape index (κ1) is 14.4. The molecule has 3 aromatic rings. The number of aryl methyl sites for hydroxylation is 1. The lowest BCUT2D eigenvalue weighted by Gasteiger charge is -2.12. The Kier molecular flexibility index (Phi) is 3.94. The van der Waals surface area contributed by atoms with E-state index in [9.17, 15) is 0 Å². The Morgan fingerprint density at radius 2 is 1.91 bits per heavy atom. The maximum absolute atomic E-state index is 5.66. The van der Waals surface area contributed by atoms with Gasteiger partial charge >= 0.3 is 0 Å². The van der Waals surface area contributed by atoms with Crippen molar-refractivity contribution in [3.63, 3.8) is 0 Å². The van der Waals surface area contributed by atoms with Gasteiger partial charge in [0.25, 0.3) is 0 Å². The number of para-hydroxylation sites is 1. The molecule has 0 amide bonds. The maximum atomic E-state index is 5.66. The summed E-state index contributed by atoms with van der Waals surface area (Å²) in [6.45, 7) is 2.08. The summed E-state index contributed by atoms with van der Waals surface area (Å²) < 4.78 is 5.37. The van der Waals surface area contributed by atoms with Crippen molar-refractivity contribution < 1.29 is 4.74 Å². The average molecular weight is 293 g/mol. The molecule has 1 aromatic heterocycles. The highest BCUT2D eigenvalue weighted by Gasteiger charge is 2.10. The second kappa shape index (κ2) is 6.03. The Morgan fingerprint density at radius 1 is 1.14 bits per heavy atom. The number of hydrogen-bond donors (Lipinski definition) is 2. The molecule has 1 heterocycles. The number of anilines is 1. The molecule has 0 atom stereocenters. The zero-order valence-electron chi connectivity index (χ0n) is 12.8. The Morgan fingerprint density at radius 3 is 2.59 bits per heavy atom. The van der Waals surface area contributed by atoms with Crippen LogP contribution in [0.3, 0.4) is 0 Å². The second-order valence-electron chi connectivity index (χ2n) is 5.33. The van der Waals surface area contributed by atoms with Crippen LogP contribution >= 0.6 is 0 Å². The number of nitrogen functional groups attached to an aromatic ring is 1. The van der Waals surface area contributed by atoms with Crippen LogP contribution in [0.2, 0.25) is 0 Å². The number of fused-ring (bicyclic) bond motifs is 1. The molecule has 0 spiro atoms. The minimum absolute atomic E-state index is 0.678. The van der Waals surface area contributed by atoms with Crippen molar-refractivity contribution in [1.82, 2.24) is 4.98 Å². The van der Waals surface area contributed by atoms with E-state index in [1.165, 1.54) is 11.1 Å². The molecule has 112 valence electrons. The summed E-state index contributed by atoms with van der Waals surface area (Å²) >= 11 is 0. The molecule has 0 fully saturated rings. The predicted molar refractivity (Wildman–Crippen MR) is 90.1 cm³/mol. The highest BCUT2D eigenvalue weighted by Crippen LogP contribution is 2.28. The van der Waals surface area contributed by atoms with Crippen molar-refractivity contribution in [2.75, 3.05) is 12.5 Å². The fourth-order valence-corrected chi connectivity index (χ4v) is 2.57. The van der Waals surface area contributed by atoms with Crippen LogP contribution in [0.5, 0.6) is 5.75 Å². The minimum Gasteiger partial charge on any atom is -0.494 e. The molecule has 3 N–H and O–H groups in total. The first-order chi connectivity index (χ1) is 10.7. The Labute approximate surface area is 129 Å². The summed E-state index contributed by atoms with van der Waals surface area (Å²) in [5.41, 5.74) is 7.06. The smallest absolute Gasteiger partial charge is 0.145 e. The molecule has 22 heavy (non-hydrogen) atoms. The van der Waals surface area contributed by atoms with Crippen LogP contribution in [-0.2, 0) is 6.42 Å². The van der Waals surface area contributed by atoms with Gasteiger partial charge in [-0.05, 0) is 24.6 Å². The molecule has 4 heteroatoms. The van der Waals surface area contributed by atoms with E-state index in [0.717, 1.165) is 28.6 Å². The lowest BCUT2D eigenvalue weighted by atomic mass is 10.0. The highest BCUT2D eigenvalue weighted by molar-refractivity contribution is 5.87. The number of hydrogen-bond acceptors (Lipinski definition) is 4. The van der Waals surface area contributed by atoms with E-state index in [1.807, 2.05) is 18.2 Å². The molecule has 0 saturated carbocycles. The van der Waals surface area contributed by atoms with Crippen LogP contribution in [0.4, 0.5) is 5.82 Å². The van der Waals surface area contributed by atoms with Crippen molar-refractivity contribution in [2.45, 2.75) is 13.3 Å². The molecule has 0 saturated heterocycles. The van der Waals surface area contributed by atoms with E-state index >= 15 is 0 Å². The van der Waals surface area contributed by atoms with Gasteiger partial charge in [0.15, 0.2) is 0 Å². The lowest BCUT2D eigenvalue weighted by molar-refractivity contribution is 0.419. The quantitative estimate of drug-likeness (QED) is 0.571. The zero-order valence-corrected chi connectivity index (χ0v) is 12.8. The molecule has 0 aliphatic carbocycles. The van der Waals surface area contributed by atoms with Crippen molar-refractivity contribution in [3.05, 3.63) is 65.2 Å². The van der Waals surface area contributed by atoms with Gasteiger partial charge in [0.05, 0.1) is 7.11 Å². The van der Waals surface area contributed by atoms with Crippen LogP contribution in [0.1, 0.15) is 16.7 Å². The number of benzene rings is 2. The number of hydrazine groups is 1. The molecule has 0 bridgehead atoms. The van der Waals surface area contributed by atoms with Crippen LogP contribution in [0, 0.1) is 6.92 Å². The van der Waals surface area contributed by atoms with E-state index < -0.39 is 0 Å². The number of nitrogens with two attached hydrogens (primary N) is 1. The largest absolute Gasteiger partial charge is 0.494 e. The van der Waals surface area contributed by atoms with Crippen molar-refractivity contribution in [1.29, 1.82) is 0 Å². The third kappa shape index (κ3) is 2.73. The SMILES string of the molecule is COc1cccc2cc(Cc3ccc(C)cc3)c(NN)nc12. The first-order valence-corrected chi connectivity index (χ1v) is 7.20. The lowest BCUT2D eigenvalue weighted by Crippen LogP contribution is -2.11. The van der Waals surface area contributed by atoms with E-state index in [4.69, 9.17) is 10.6 Å². The minimum atomic E-state index is 0.678. The van der Waals surface area contributed by atoms with E-state index in [2.05, 4.69) is 47.7 Å². The summed E-state index contributed by atoms with van der Waals surface area (Å²) in [6, 6.07) is 16.5. The molecule has 0 unspecified atom stereocenters. The van der Waals surface area contributed by atoms with Crippen molar-refractivity contribution in [3.8, 4) is 5.75 Å². The standard InChI is InChI=1S/C18H19N3O/c1-12-6-8-13(9-7-12)10-15-11-14-4-3-5-16(22-2)17(14)20-18(15)21-19/h3-9,11H,10,19H2,1-2H3,(H,20,21). The van der Waals surface area contributed by atoms with Gasteiger partial charge in [-0.2, -0.15) is 0 Å². The Hall–Kier alpha value is -2.59. The number of aromatic nitrogens is 1. The van der Waals surface area contributed by atoms with E-state index in [0.29, 0.717) is 5.82 Å². The predicted octanol–water partition coefficient (Wildman–Crippen LogP) is 3.43. The van der Waals surface area contributed by atoms with Gasteiger partial charge in [-0.25, -0.2) is 10.8 Å². The zero-order chi connectivity index (χ0) is 15.5. The first-order valence-electron chi connectivity index (χ1n) is 7.20. The van der Waals surface area contributed by atoms with Crippen molar-refractivity contribution >= 4 is 16.7 Å². The molecule has 4 nitrogen and oxygen atoms in total. The molecule has 3 rings (SSSR count). The summed E-state index contributed by atoms with van der Waals surface area (Å²) in [5, 5.41) is 1.04. The van der Waals surface area contributed by atoms with Gasteiger partial charge in [-0.3, -0.25) is 0 Å². The van der Waals surface area contributed by atoms with Crippen LogP contribution in [-0.4, -0.2) is 12.1 Å². The molecule has 0 aliphatic rings. The fourth-order valence-electron chi connectivity index (χ4n) is 2.57. The number of nitrogens with one attached hydrogen (secondary N) is 1. The number of rotatable bonds is 4. The number of nitrogens with zero attached hydrogens (tertiary/aromatic N) is 1. The van der Waals surface area contributed by atoms with Crippen LogP contribution < -0.4 is 16.0 Å². The Bertz CT molecular complexity index is 797. The van der Waals surface area contributed by atoms with E-state index in [1.54, 1.807) is 7.11 Å². The number of pyridine rings is 1. The van der Waals surface area contributed by atoms with Gasteiger partial charge in [0.2, 0.25) is 0 Å². The monoisotopic (exact) mass is 293 g/mol. The summed E-state index contributed by atoms with van der Waals surface area (Å²) in [7, 11) is 1.65. The van der Waals surface area contributed by atoms with Gasteiger partial charge in [-0.15, -0.1) is 0 Å². The third-order valence-electron chi connectivity index (χ3n) is 3.76. The van der Waals surface area contributed by atoms with Gasteiger partial charge in [0, 0.05) is 17.4 Å². The second-order valence-corrected chi connectivity index (χ2v) is 5.33. The summed E-state index contributed by atoms with van der Waals surface area (Å²) in [6.07, 6.45) is 0.778. The normalized spacial score (nSPS) is 10.7. The topological polar surface area (TPSA) is 60.2 Å². The van der Waals surface area contributed by atoms with Gasteiger partial charge < -0.3 is 10.2 Å². The van der Waals surface area contributed by atoms with Gasteiger partial charge in [0.1, 0.15) is 17.1 Å². The fraction of sp³-hybridized carbons (Fsp3) is 0.167. The van der Waals surface area contributed by atoms with Crippen LogP contribution in [0.25, 0.3) is 10.9 Å². The number of methoxy groups -OCH3 is 1. The molecular formula is C18H19N3O. The number of ether oxygens (including phenoxy) is 1. The van der Waals surface area contributed by atoms with Crippen molar-refractivity contribution in [2.24, 2.45) is 5.84 Å². The summed E-state index contributed by atoms with van der Waals surface area (Å²) in [5.74, 6) is 7.08. The molecule has 0 radical (unpaired) electrons. The molecular weight excluding hydrogens is 274 g/mol. The summed E-state index contributed by atoms with van der Waals surface area (Å²) in [4.78, 5) is 4.62. The molecule has 2 aromatic carbocycles. The third-order valence-corrected chi connectivity index (χ3v) is 3.76. The maximum Gasteiger partial charge on any atom is 0.145 e. The average Bonchev–Trinajstić information content (AvgIpc) is 2.55. The van der Waals surface area contributed by atoms with Crippen LogP contribution in [0.15, 0.2) is 48.5 Å². The highest BCUT2D eigenvalue weighted by atomic mass is 16.5. The molecule has 0 aliphatic heterocycles. The van der Waals surface area contributed by atoms with Gasteiger partial charge in [-0.1, -0.05) is 42.0 Å². The Balaban J connectivity index is 2.06.